The first kappa shape index (κ1) is 21.9. The molecule has 0 amide bonds. The lowest BCUT2D eigenvalue weighted by Gasteiger charge is -2.44. The number of aromatic amines is 1. The number of nitrogens with one attached hydrogen (secondary N) is 2. The Kier molecular flexibility index (Phi) is 5.62. The average molecular weight is 461 g/mol. The van der Waals surface area contributed by atoms with Crippen LogP contribution in [0.3, 0.4) is 0 Å². The van der Waals surface area contributed by atoms with E-state index in [-0.39, 0.29) is 18.2 Å². The maximum absolute atomic E-state index is 13.3. The monoisotopic (exact) mass is 461 g/mol. The van der Waals surface area contributed by atoms with Gasteiger partial charge in [-0.2, -0.15) is 13.2 Å². The number of alkyl halides is 3. The summed E-state index contributed by atoms with van der Waals surface area (Å²) >= 11 is 0. The first-order valence-corrected chi connectivity index (χ1v) is 11.0. The third-order valence-corrected chi connectivity index (χ3v) is 6.37. The van der Waals surface area contributed by atoms with Crippen LogP contribution in [0.2, 0.25) is 0 Å². The van der Waals surface area contributed by atoms with Crippen molar-refractivity contribution >= 4 is 16.6 Å². The number of ether oxygens (including phenoxy) is 3. The molecule has 0 aliphatic carbocycles. The molecule has 3 unspecified atom stereocenters. The molecular weight excluding hydrogens is 435 g/mol. The van der Waals surface area contributed by atoms with Gasteiger partial charge < -0.3 is 24.5 Å². The Morgan fingerprint density at radius 3 is 2.79 bits per heavy atom. The topological polar surface area (TPSA) is 58.8 Å². The predicted octanol–water partition coefficient (Wildman–Crippen LogP) is 4.83. The standard InChI is InChI=1S/C24H26F3N3O3/c1-14-12-30(8-9-32-14)20-13-33-21-10-15(31-2)6-7-16(21)23(20)29-19-5-3-4-18-17(19)11-22(28-18)24(25,26)27/h3-7,10-11,14,20,23,28-29H,8-9,12-13H2,1-2H3. The van der Waals surface area contributed by atoms with E-state index in [2.05, 4.69) is 15.2 Å². The van der Waals surface area contributed by atoms with Gasteiger partial charge in [-0.3, -0.25) is 4.90 Å². The fraction of sp³-hybridized carbons (Fsp3) is 0.417. The molecule has 176 valence electrons. The molecule has 0 saturated carbocycles. The lowest BCUT2D eigenvalue weighted by Crippen LogP contribution is -2.54. The lowest BCUT2D eigenvalue weighted by atomic mass is 9.93. The number of hydrogen-bond acceptors (Lipinski definition) is 5. The number of halogens is 3. The Labute approximate surface area is 189 Å². The maximum Gasteiger partial charge on any atom is 0.431 e. The van der Waals surface area contributed by atoms with E-state index in [0.717, 1.165) is 24.7 Å². The van der Waals surface area contributed by atoms with Crippen molar-refractivity contribution in [3.63, 3.8) is 0 Å². The summed E-state index contributed by atoms with van der Waals surface area (Å²) in [5.41, 5.74) is 1.25. The van der Waals surface area contributed by atoms with Crippen LogP contribution < -0.4 is 14.8 Å². The van der Waals surface area contributed by atoms with E-state index in [1.807, 2.05) is 31.2 Å². The Morgan fingerprint density at radius 1 is 1.18 bits per heavy atom. The average Bonchev–Trinajstić information content (AvgIpc) is 3.25. The van der Waals surface area contributed by atoms with Crippen molar-refractivity contribution in [3.05, 3.63) is 53.7 Å². The molecule has 2 N–H and O–H groups in total. The molecule has 33 heavy (non-hydrogen) atoms. The summed E-state index contributed by atoms with van der Waals surface area (Å²) in [6, 6.07) is 11.8. The van der Waals surface area contributed by atoms with Gasteiger partial charge in [-0.25, -0.2) is 0 Å². The Balaban J connectivity index is 1.55. The van der Waals surface area contributed by atoms with Crippen LogP contribution >= 0.6 is 0 Å². The number of rotatable bonds is 4. The summed E-state index contributed by atoms with van der Waals surface area (Å²) in [4.78, 5) is 4.83. The molecule has 2 aromatic carbocycles. The summed E-state index contributed by atoms with van der Waals surface area (Å²) in [7, 11) is 1.60. The summed E-state index contributed by atoms with van der Waals surface area (Å²) in [6.45, 7) is 4.62. The molecule has 1 fully saturated rings. The minimum absolute atomic E-state index is 0.0199. The van der Waals surface area contributed by atoms with Crippen LogP contribution in [-0.4, -0.2) is 55.4 Å². The van der Waals surface area contributed by atoms with E-state index in [4.69, 9.17) is 14.2 Å². The third kappa shape index (κ3) is 4.22. The predicted molar refractivity (Wildman–Crippen MR) is 119 cm³/mol. The van der Waals surface area contributed by atoms with Crippen LogP contribution in [0.25, 0.3) is 10.9 Å². The van der Waals surface area contributed by atoms with Gasteiger partial charge in [-0.15, -0.1) is 0 Å². The molecule has 6 nitrogen and oxygen atoms in total. The van der Waals surface area contributed by atoms with Crippen LogP contribution in [0.1, 0.15) is 24.2 Å². The minimum Gasteiger partial charge on any atom is -0.497 e. The van der Waals surface area contributed by atoms with Crippen molar-refractivity contribution in [2.75, 3.05) is 38.7 Å². The van der Waals surface area contributed by atoms with E-state index < -0.39 is 11.9 Å². The number of benzene rings is 2. The second kappa shape index (κ2) is 8.46. The van der Waals surface area contributed by atoms with E-state index in [1.165, 1.54) is 0 Å². The molecule has 2 aliphatic heterocycles. The molecule has 0 bridgehead atoms. The fourth-order valence-electron chi connectivity index (χ4n) is 4.74. The third-order valence-electron chi connectivity index (χ3n) is 6.37. The summed E-state index contributed by atoms with van der Waals surface area (Å²) in [5, 5.41) is 4.05. The van der Waals surface area contributed by atoms with Gasteiger partial charge in [0, 0.05) is 41.3 Å². The molecule has 1 aromatic heterocycles. The van der Waals surface area contributed by atoms with Gasteiger partial charge in [-0.05, 0) is 37.3 Å². The number of fused-ring (bicyclic) bond motifs is 2. The SMILES string of the molecule is COc1ccc2c(c1)OCC(N1CCOC(C)C1)C2Nc1cccc2[nH]c(C(F)(F)F)cc12. The summed E-state index contributed by atoms with van der Waals surface area (Å²) < 4.78 is 57.2. The zero-order valence-electron chi connectivity index (χ0n) is 18.4. The van der Waals surface area contributed by atoms with Gasteiger partial charge in [0.15, 0.2) is 0 Å². The van der Waals surface area contributed by atoms with Crippen molar-refractivity contribution in [2.45, 2.75) is 31.3 Å². The van der Waals surface area contributed by atoms with Crippen molar-refractivity contribution in [1.82, 2.24) is 9.88 Å². The molecule has 9 heteroatoms. The van der Waals surface area contributed by atoms with Crippen molar-refractivity contribution < 1.29 is 27.4 Å². The van der Waals surface area contributed by atoms with E-state index in [1.54, 1.807) is 19.2 Å². The highest BCUT2D eigenvalue weighted by atomic mass is 19.4. The Hall–Kier alpha value is -2.91. The van der Waals surface area contributed by atoms with Crippen LogP contribution in [0, 0.1) is 0 Å². The number of morpholine rings is 1. The normalized spacial score (nSPS) is 23.7. The second-order valence-corrected chi connectivity index (χ2v) is 8.53. The second-order valence-electron chi connectivity index (χ2n) is 8.53. The molecule has 3 atom stereocenters. The van der Waals surface area contributed by atoms with Gasteiger partial charge in [-0.1, -0.05) is 6.07 Å². The fourth-order valence-corrected chi connectivity index (χ4v) is 4.74. The maximum atomic E-state index is 13.3. The Bertz CT molecular complexity index is 1150. The molecule has 2 aliphatic rings. The number of aromatic nitrogens is 1. The molecule has 3 aromatic rings. The number of H-pyrrole nitrogens is 1. The van der Waals surface area contributed by atoms with Crippen LogP contribution in [-0.2, 0) is 10.9 Å². The largest absolute Gasteiger partial charge is 0.497 e. The number of hydrogen-bond donors (Lipinski definition) is 2. The van der Waals surface area contributed by atoms with Crippen molar-refractivity contribution in [1.29, 1.82) is 0 Å². The number of nitrogens with zero attached hydrogens (tertiary/aromatic N) is 1. The van der Waals surface area contributed by atoms with Crippen molar-refractivity contribution in [3.8, 4) is 11.5 Å². The highest BCUT2D eigenvalue weighted by Crippen LogP contribution is 2.41. The van der Waals surface area contributed by atoms with Gasteiger partial charge in [0.25, 0.3) is 0 Å². The summed E-state index contributed by atoms with van der Waals surface area (Å²) in [5.74, 6) is 1.40. The van der Waals surface area contributed by atoms with Crippen LogP contribution in [0.15, 0.2) is 42.5 Å². The molecule has 1 saturated heterocycles. The van der Waals surface area contributed by atoms with Gasteiger partial charge >= 0.3 is 6.18 Å². The Morgan fingerprint density at radius 2 is 2.03 bits per heavy atom. The summed E-state index contributed by atoms with van der Waals surface area (Å²) in [6.07, 6.45) is -4.34. The minimum atomic E-state index is -4.44. The van der Waals surface area contributed by atoms with Gasteiger partial charge in [0.05, 0.1) is 31.9 Å². The number of methoxy groups -OCH3 is 1. The van der Waals surface area contributed by atoms with Crippen LogP contribution in [0.4, 0.5) is 18.9 Å². The molecule has 3 heterocycles. The van der Waals surface area contributed by atoms with Crippen LogP contribution in [0.5, 0.6) is 11.5 Å². The zero-order valence-corrected chi connectivity index (χ0v) is 18.4. The van der Waals surface area contributed by atoms with Crippen molar-refractivity contribution in [2.24, 2.45) is 0 Å². The highest BCUT2D eigenvalue weighted by molar-refractivity contribution is 5.93. The molecular formula is C24H26F3N3O3. The number of anilines is 1. The zero-order chi connectivity index (χ0) is 23.2. The van der Waals surface area contributed by atoms with Gasteiger partial charge in [0.1, 0.15) is 23.8 Å². The molecule has 5 rings (SSSR count). The lowest BCUT2D eigenvalue weighted by molar-refractivity contribution is -0.140. The molecule has 0 spiro atoms. The smallest absolute Gasteiger partial charge is 0.431 e. The first-order chi connectivity index (χ1) is 15.8. The highest BCUT2D eigenvalue weighted by Gasteiger charge is 2.38. The van der Waals surface area contributed by atoms with E-state index in [0.29, 0.717) is 41.3 Å². The first-order valence-electron chi connectivity index (χ1n) is 11.0. The van der Waals surface area contributed by atoms with E-state index >= 15 is 0 Å². The quantitative estimate of drug-likeness (QED) is 0.583. The van der Waals surface area contributed by atoms with E-state index in [9.17, 15) is 13.2 Å². The van der Waals surface area contributed by atoms with Gasteiger partial charge in [0.2, 0.25) is 0 Å². The molecule has 0 radical (unpaired) electrons.